The largest absolute Gasteiger partial charge is 0.325 e. The van der Waals surface area contributed by atoms with E-state index in [9.17, 15) is 14.0 Å². The van der Waals surface area contributed by atoms with E-state index in [0.29, 0.717) is 5.03 Å². The molecule has 0 saturated carbocycles. The zero-order chi connectivity index (χ0) is 21.7. The highest BCUT2D eigenvalue weighted by atomic mass is 32.2. The molecule has 0 saturated heterocycles. The van der Waals surface area contributed by atoms with Crippen molar-refractivity contribution in [1.82, 2.24) is 10.2 Å². The minimum absolute atomic E-state index is 0.0730. The highest BCUT2D eigenvalue weighted by Crippen LogP contribution is 2.23. The number of benzene rings is 2. The summed E-state index contributed by atoms with van der Waals surface area (Å²) in [5.41, 5.74) is 3.93. The minimum Gasteiger partial charge on any atom is -0.325 e. The summed E-state index contributed by atoms with van der Waals surface area (Å²) in [4.78, 5) is 24.4. The lowest BCUT2D eigenvalue weighted by Gasteiger charge is -2.12. The molecule has 2 amide bonds. The van der Waals surface area contributed by atoms with Crippen LogP contribution in [0.15, 0.2) is 53.6 Å². The lowest BCUT2D eigenvalue weighted by atomic mass is 10.1. The molecule has 2 aromatic carbocycles. The van der Waals surface area contributed by atoms with E-state index in [1.807, 2.05) is 32.9 Å². The number of hydrogen-bond donors (Lipinski definition) is 2. The molecule has 0 atom stereocenters. The molecule has 1 heterocycles. The maximum Gasteiger partial charge on any atom is 0.259 e. The summed E-state index contributed by atoms with van der Waals surface area (Å²) in [5, 5.41) is 13.9. The predicted molar refractivity (Wildman–Crippen MR) is 116 cm³/mol. The Bertz CT molecular complexity index is 1060. The number of carbonyl (C=O) groups is 2. The summed E-state index contributed by atoms with van der Waals surface area (Å²) in [6.07, 6.45) is 0. The van der Waals surface area contributed by atoms with E-state index in [1.165, 1.54) is 30.0 Å². The average molecular weight is 425 g/mol. The van der Waals surface area contributed by atoms with Gasteiger partial charge < -0.3 is 10.6 Å². The van der Waals surface area contributed by atoms with E-state index in [4.69, 9.17) is 0 Å². The van der Waals surface area contributed by atoms with Crippen molar-refractivity contribution < 1.29 is 14.0 Å². The SMILES string of the molecule is Cc1cc(C)c(NC(=O)CSc2ccc(NC(=O)c3ccccc3F)nn2)c(C)c1. The molecule has 30 heavy (non-hydrogen) atoms. The van der Waals surface area contributed by atoms with Crippen LogP contribution in [0.5, 0.6) is 0 Å². The Hall–Kier alpha value is -3.26. The number of halogens is 1. The number of nitrogens with one attached hydrogen (secondary N) is 2. The molecule has 2 N–H and O–H groups in total. The summed E-state index contributed by atoms with van der Waals surface area (Å²) < 4.78 is 13.7. The maximum absolute atomic E-state index is 13.7. The van der Waals surface area contributed by atoms with Crippen LogP contribution in [0.3, 0.4) is 0 Å². The fraction of sp³-hybridized carbons (Fsp3) is 0.182. The minimum atomic E-state index is -0.611. The third-order valence-electron chi connectivity index (χ3n) is 4.29. The van der Waals surface area contributed by atoms with Gasteiger partial charge in [0.2, 0.25) is 5.91 Å². The monoisotopic (exact) mass is 424 g/mol. The second-order valence-corrected chi connectivity index (χ2v) is 7.80. The van der Waals surface area contributed by atoms with Gasteiger partial charge in [0.1, 0.15) is 10.8 Å². The lowest BCUT2D eigenvalue weighted by molar-refractivity contribution is -0.113. The molecule has 0 bridgehead atoms. The standard InChI is InChI=1S/C22H21FN4O2S/c1-13-10-14(2)21(15(3)11-13)25-19(28)12-30-20-9-8-18(26-27-20)24-22(29)16-6-4-5-7-17(16)23/h4-11H,12H2,1-3H3,(H,25,28)(H,24,26,29). The van der Waals surface area contributed by atoms with E-state index in [-0.39, 0.29) is 23.0 Å². The lowest BCUT2D eigenvalue weighted by Crippen LogP contribution is -2.16. The summed E-state index contributed by atoms with van der Waals surface area (Å²) >= 11 is 1.23. The van der Waals surface area contributed by atoms with Crippen LogP contribution in [0.25, 0.3) is 0 Å². The molecule has 0 aliphatic carbocycles. The fourth-order valence-corrected chi connectivity index (χ4v) is 3.60. The normalized spacial score (nSPS) is 10.5. The highest BCUT2D eigenvalue weighted by molar-refractivity contribution is 7.99. The van der Waals surface area contributed by atoms with E-state index in [1.54, 1.807) is 18.2 Å². The number of hydrogen-bond acceptors (Lipinski definition) is 5. The smallest absolute Gasteiger partial charge is 0.259 e. The van der Waals surface area contributed by atoms with E-state index in [0.717, 1.165) is 22.4 Å². The van der Waals surface area contributed by atoms with Gasteiger partial charge in [-0.25, -0.2) is 4.39 Å². The second-order valence-electron chi connectivity index (χ2n) is 6.80. The molecule has 3 rings (SSSR count). The quantitative estimate of drug-likeness (QED) is 0.568. The first-order valence-corrected chi connectivity index (χ1v) is 10.2. The third-order valence-corrected chi connectivity index (χ3v) is 5.21. The van der Waals surface area contributed by atoms with Gasteiger partial charge in [-0.2, -0.15) is 0 Å². The first kappa shape index (κ1) is 21.4. The van der Waals surface area contributed by atoms with Crippen molar-refractivity contribution in [2.24, 2.45) is 0 Å². The van der Waals surface area contributed by atoms with Gasteiger partial charge in [-0.1, -0.05) is 41.6 Å². The molecule has 0 aliphatic rings. The summed E-state index contributed by atoms with van der Waals surface area (Å²) in [6, 6.07) is 12.9. The number of aromatic nitrogens is 2. The van der Waals surface area contributed by atoms with Crippen molar-refractivity contribution in [3.63, 3.8) is 0 Å². The van der Waals surface area contributed by atoms with Gasteiger partial charge in [0, 0.05) is 5.69 Å². The zero-order valence-corrected chi connectivity index (χ0v) is 17.6. The highest BCUT2D eigenvalue weighted by Gasteiger charge is 2.13. The molecule has 0 fully saturated rings. The number of amides is 2. The van der Waals surface area contributed by atoms with Crippen molar-refractivity contribution in [2.75, 3.05) is 16.4 Å². The van der Waals surface area contributed by atoms with E-state index >= 15 is 0 Å². The number of rotatable bonds is 6. The molecule has 6 nitrogen and oxygen atoms in total. The number of thioether (sulfide) groups is 1. The van der Waals surface area contributed by atoms with Gasteiger partial charge in [-0.15, -0.1) is 10.2 Å². The molecular weight excluding hydrogens is 403 g/mol. The summed E-state index contributed by atoms with van der Waals surface area (Å²) in [7, 11) is 0. The van der Waals surface area contributed by atoms with Crippen LogP contribution in [-0.2, 0) is 4.79 Å². The molecule has 0 radical (unpaired) electrons. The Balaban J connectivity index is 1.55. The zero-order valence-electron chi connectivity index (χ0n) is 16.8. The van der Waals surface area contributed by atoms with Crippen molar-refractivity contribution in [2.45, 2.75) is 25.8 Å². The third kappa shape index (κ3) is 5.42. The van der Waals surface area contributed by atoms with Gasteiger partial charge in [0.05, 0.1) is 11.3 Å². The Kier molecular flexibility index (Phi) is 6.79. The number of nitrogens with zero attached hydrogens (tertiary/aromatic N) is 2. The fourth-order valence-electron chi connectivity index (χ4n) is 2.98. The summed E-state index contributed by atoms with van der Waals surface area (Å²) in [5.74, 6) is -0.995. The molecule has 0 spiro atoms. The molecule has 0 unspecified atom stereocenters. The van der Waals surface area contributed by atoms with Crippen molar-refractivity contribution in [1.29, 1.82) is 0 Å². The van der Waals surface area contributed by atoms with Crippen molar-refractivity contribution in [3.8, 4) is 0 Å². The van der Waals surface area contributed by atoms with Crippen LogP contribution in [0.1, 0.15) is 27.0 Å². The molecule has 8 heteroatoms. The van der Waals surface area contributed by atoms with Crippen LogP contribution in [0.4, 0.5) is 15.9 Å². The molecule has 3 aromatic rings. The molecule has 154 valence electrons. The maximum atomic E-state index is 13.7. The van der Waals surface area contributed by atoms with E-state index in [2.05, 4.69) is 20.8 Å². The van der Waals surface area contributed by atoms with Gasteiger partial charge in [-0.3, -0.25) is 9.59 Å². The average Bonchev–Trinajstić information content (AvgIpc) is 2.70. The number of anilines is 2. The van der Waals surface area contributed by atoms with Crippen LogP contribution in [-0.4, -0.2) is 27.8 Å². The van der Waals surface area contributed by atoms with Gasteiger partial charge in [-0.05, 0) is 56.2 Å². The Labute approximate surface area is 178 Å². The Morgan fingerprint density at radius 1 is 0.967 bits per heavy atom. The van der Waals surface area contributed by atoms with Crippen LogP contribution in [0.2, 0.25) is 0 Å². The topological polar surface area (TPSA) is 84.0 Å². The predicted octanol–water partition coefficient (Wildman–Crippen LogP) is 4.52. The van der Waals surface area contributed by atoms with Crippen LogP contribution < -0.4 is 10.6 Å². The van der Waals surface area contributed by atoms with Crippen LogP contribution in [0, 0.1) is 26.6 Å². The van der Waals surface area contributed by atoms with E-state index < -0.39 is 11.7 Å². The van der Waals surface area contributed by atoms with Crippen molar-refractivity contribution >= 4 is 35.1 Å². The van der Waals surface area contributed by atoms with Crippen LogP contribution >= 0.6 is 11.8 Å². The Morgan fingerprint density at radius 3 is 2.30 bits per heavy atom. The van der Waals surface area contributed by atoms with Gasteiger partial charge in [0.15, 0.2) is 5.82 Å². The molecular formula is C22H21FN4O2S. The molecule has 1 aromatic heterocycles. The van der Waals surface area contributed by atoms with Crippen molar-refractivity contribution in [3.05, 3.63) is 76.6 Å². The number of carbonyl (C=O) groups excluding carboxylic acids is 2. The summed E-state index contributed by atoms with van der Waals surface area (Å²) in [6.45, 7) is 5.94. The second kappa shape index (κ2) is 9.49. The first-order chi connectivity index (χ1) is 14.3. The Morgan fingerprint density at radius 2 is 1.67 bits per heavy atom. The first-order valence-electron chi connectivity index (χ1n) is 9.23. The van der Waals surface area contributed by atoms with Gasteiger partial charge in [0.25, 0.3) is 5.91 Å². The van der Waals surface area contributed by atoms with Gasteiger partial charge >= 0.3 is 0 Å². The molecule has 0 aliphatic heterocycles. The number of aryl methyl sites for hydroxylation is 3.